The monoisotopic (exact) mass is 374 g/mol. The van der Waals surface area contributed by atoms with Gasteiger partial charge in [0, 0.05) is 5.69 Å². The maximum Gasteiger partial charge on any atom is 0.241 e. The molecular weight excluding hydrogens is 352 g/mol. The van der Waals surface area contributed by atoms with Crippen LogP contribution in [-0.2, 0) is 29.4 Å². The summed E-state index contributed by atoms with van der Waals surface area (Å²) in [7, 11) is -2.49. The third-order valence-electron chi connectivity index (χ3n) is 4.34. The van der Waals surface area contributed by atoms with E-state index in [0.717, 1.165) is 18.5 Å². The predicted molar refractivity (Wildman–Crippen MR) is 102 cm³/mol. The number of fused-ring (bicyclic) bond motifs is 1. The number of aryl methyl sites for hydroxylation is 2. The summed E-state index contributed by atoms with van der Waals surface area (Å²) in [6, 6.07) is 10.9. The van der Waals surface area contributed by atoms with Gasteiger partial charge in [0.1, 0.15) is 10.6 Å². The third kappa shape index (κ3) is 4.14. The van der Waals surface area contributed by atoms with E-state index in [4.69, 9.17) is 15.6 Å². The second-order valence-electron chi connectivity index (χ2n) is 6.19. The van der Waals surface area contributed by atoms with Crippen LogP contribution in [0.2, 0.25) is 0 Å². The molecule has 0 spiro atoms. The smallest absolute Gasteiger partial charge is 0.241 e. The summed E-state index contributed by atoms with van der Waals surface area (Å²) < 4.78 is 28.4. The van der Waals surface area contributed by atoms with E-state index in [-0.39, 0.29) is 23.1 Å². The number of anilines is 1. The molecule has 0 atom stereocenters. The molecule has 0 amide bonds. The number of nitrogens with zero attached hydrogens (tertiary/aromatic N) is 1. The summed E-state index contributed by atoms with van der Waals surface area (Å²) in [5.41, 5.74) is 10.2. The summed E-state index contributed by atoms with van der Waals surface area (Å²) in [6.45, 7) is 0.219. The lowest BCUT2D eigenvalue weighted by atomic mass is 10.1. The molecule has 26 heavy (non-hydrogen) atoms. The zero-order chi connectivity index (χ0) is 18.7. The first-order chi connectivity index (χ1) is 12.4. The largest absolute Gasteiger partial charge is 0.495 e. The Morgan fingerprint density at radius 1 is 1.19 bits per heavy atom. The fourth-order valence-corrected chi connectivity index (χ4v) is 3.80. The average molecular weight is 374 g/mol. The van der Waals surface area contributed by atoms with E-state index in [0.29, 0.717) is 5.56 Å². The van der Waals surface area contributed by atoms with E-state index in [1.807, 2.05) is 6.07 Å². The summed E-state index contributed by atoms with van der Waals surface area (Å²) >= 11 is 0. The summed E-state index contributed by atoms with van der Waals surface area (Å²) in [5.74, 6) is 0.459. The molecule has 5 N–H and O–H groups in total. The number of primary sulfonamides is 1. The lowest BCUT2D eigenvalue weighted by molar-refractivity contribution is 0.402. The Hall–Kier alpha value is -2.58. The van der Waals surface area contributed by atoms with Gasteiger partial charge >= 0.3 is 0 Å². The van der Waals surface area contributed by atoms with Crippen molar-refractivity contribution in [3.8, 4) is 5.75 Å². The van der Waals surface area contributed by atoms with Gasteiger partial charge in [-0.2, -0.15) is 0 Å². The molecule has 0 unspecified atom stereocenters. The van der Waals surface area contributed by atoms with Crippen LogP contribution in [0.4, 0.5) is 5.69 Å². The molecule has 1 aliphatic rings. The third-order valence-corrected chi connectivity index (χ3v) is 5.27. The Kier molecular flexibility index (Phi) is 5.15. The first-order valence-electron chi connectivity index (χ1n) is 8.25. The fraction of sp³-hybridized carbons (Fsp3) is 0.278. The van der Waals surface area contributed by atoms with Crippen LogP contribution in [0.1, 0.15) is 23.1 Å². The second kappa shape index (κ2) is 7.35. The van der Waals surface area contributed by atoms with Crippen molar-refractivity contribution >= 4 is 21.7 Å². The highest BCUT2D eigenvalue weighted by molar-refractivity contribution is 7.89. The average Bonchev–Trinajstić information content (AvgIpc) is 3.06. The van der Waals surface area contributed by atoms with Crippen LogP contribution < -0.4 is 20.9 Å². The molecule has 2 aromatic rings. The molecule has 0 heterocycles. The Bertz CT molecular complexity index is 955. The number of hydrogen-bond acceptors (Lipinski definition) is 4. The highest BCUT2D eigenvalue weighted by Gasteiger charge is 2.15. The normalized spacial score (nSPS) is 14.2. The minimum atomic E-state index is -3.88. The molecule has 138 valence electrons. The minimum absolute atomic E-state index is 0.0714. The van der Waals surface area contributed by atoms with Gasteiger partial charge in [-0.1, -0.05) is 12.1 Å². The van der Waals surface area contributed by atoms with Gasteiger partial charge in [0.05, 0.1) is 13.7 Å². The number of rotatable bonds is 5. The van der Waals surface area contributed by atoms with Crippen LogP contribution in [0.15, 0.2) is 46.3 Å². The van der Waals surface area contributed by atoms with Crippen molar-refractivity contribution in [1.29, 1.82) is 0 Å². The summed E-state index contributed by atoms with van der Waals surface area (Å²) in [4.78, 5) is 4.20. The van der Waals surface area contributed by atoms with Crippen molar-refractivity contribution in [2.24, 2.45) is 15.9 Å². The van der Waals surface area contributed by atoms with Gasteiger partial charge in [-0.15, -0.1) is 0 Å². The van der Waals surface area contributed by atoms with E-state index in [1.54, 1.807) is 12.1 Å². The fourth-order valence-electron chi connectivity index (χ4n) is 3.06. The van der Waals surface area contributed by atoms with Crippen molar-refractivity contribution in [2.45, 2.75) is 30.7 Å². The summed E-state index contributed by atoms with van der Waals surface area (Å²) in [5, 5.41) is 8.29. The maximum atomic E-state index is 11.7. The quantitative estimate of drug-likeness (QED) is 0.544. The van der Waals surface area contributed by atoms with E-state index in [1.165, 1.54) is 30.7 Å². The second-order valence-corrected chi connectivity index (χ2v) is 7.72. The molecule has 1 aliphatic carbocycles. The van der Waals surface area contributed by atoms with Crippen LogP contribution in [0, 0.1) is 0 Å². The molecule has 2 aromatic carbocycles. The minimum Gasteiger partial charge on any atom is -0.495 e. The van der Waals surface area contributed by atoms with Crippen LogP contribution in [-0.4, -0.2) is 21.5 Å². The number of benzene rings is 2. The van der Waals surface area contributed by atoms with Crippen LogP contribution in [0.25, 0.3) is 0 Å². The number of methoxy groups -OCH3 is 1. The van der Waals surface area contributed by atoms with Gasteiger partial charge < -0.3 is 15.8 Å². The number of sulfonamides is 1. The number of aliphatic imine (C=N–C) groups is 1. The molecule has 8 heteroatoms. The number of hydrogen-bond donors (Lipinski definition) is 3. The highest BCUT2D eigenvalue weighted by Crippen LogP contribution is 2.25. The van der Waals surface area contributed by atoms with Crippen molar-refractivity contribution in [1.82, 2.24) is 0 Å². The molecule has 7 nitrogen and oxygen atoms in total. The lowest BCUT2D eigenvalue weighted by Gasteiger charge is -2.09. The number of nitrogens with two attached hydrogens (primary N) is 2. The first kappa shape index (κ1) is 18.2. The van der Waals surface area contributed by atoms with Gasteiger partial charge in [-0.05, 0) is 60.2 Å². The standard InChI is InChI=1S/C18H22N4O3S/c1-25-16-8-5-12(9-17(16)26(20,23)24)11-21-18(19)22-15-7-6-13-3-2-4-14(13)10-15/h5-10H,2-4,11H2,1H3,(H3,19,21,22)(H2,20,23,24). The van der Waals surface area contributed by atoms with Gasteiger partial charge in [0.2, 0.25) is 10.0 Å². The summed E-state index contributed by atoms with van der Waals surface area (Å²) in [6.07, 6.45) is 3.40. The lowest BCUT2D eigenvalue weighted by Crippen LogP contribution is -2.22. The molecule has 3 rings (SSSR count). The number of ether oxygens (including phenoxy) is 1. The number of guanidine groups is 1. The zero-order valence-corrected chi connectivity index (χ0v) is 15.3. The van der Waals surface area contributed by atoms with Gasteiger partial charge in [-0.25, -0.2) is 18.5 Å². The Balaban J connectivity index is 1.73. The Morgan fingerprint density at radius 3 is 2.69 bits per heavy atom. The van der Waals surface area contributed by atoms with Crippen molar-refractivity contribution in [3.05, 3.63) is 53.1 Å². The SMILES string of the molecule is COc1ccc(CN=C(N)Nc2ccc3c(c2)CCC3)cc1S(N)(=O)=O. The molecule has 0 fully saturated rings. The zero-order valence-electron chi connectivity index (χ0n) is 14.5. The van der Waals surface area contributed by atoms with E-state index in [2.05, 4.69) is 22.4 Å². The van der Waals surface area contributed by atoms with Crippen LogP contribution in [0.3, 0.4) is 0 Å². The molecule has 0 aliphatic heterocycles. The molecular formula is C18H22N4O3S. The van der Waals surface area contributed by atoms with Gasteiger partial charge in [0.25, 0.3) is 0 Å². The van der Waals surface area contributed by atoms with Gasteiger partial charge in [0.15, 0.2) is 5.96 Å². The first-order valence-corrected chi connectivity index (χ1v) is 9.80. The van der Waals surface area contributed by atoms with E-state index < -0.39 is 10.0 Å². The Labute approximate surface area is 153 Å². The van der Waals surface area contributed by atoms with E-state index in [9.17, 15) is 8.42 Å². The maximum absolute atomic E-state index is 11.7. The van der Waals surface area contributed by atoms with E-state index >= 15 is 0 Å². The molecule has 0 saturated heterocycles. The Morgan fingerprint density at radius 2 is 1.96 bits per heavy atom. The van der Waals surface area contributed by atoms with Crippen LogP contribution in [0.5, 0.6) is 5.75 Å². The van der Waals surface area contributed by atoms with Crippen molar-refractivity contribution < 1.29 is 13.2 Å². The molecule has 0 bridgehead atoms. The van der Waals surface area contributed by atoms with Crippen molar-refractivity contribution in [2.75, 3.05) is 12.4 Å². The highest BCUT2D eigenvalue weighted by atomic mass is 32.2. The van der Waals surface area contributed by atoms with Gasteiger partial charge in [-0.3, -0.25) is 0 Å². The number of nitrogens with one attached hydrogen (secondary N) is 1. The predicted octanol–water partition coefficient (Wildman–Crippen LogP) is 1.76. The molecule has 0 aromatic heterocycles. The van der Waals surface area contributed by atoms with Crippen LogP contribution >= 0.6 is 0 Å². The molecule has 0 saturated carbocycles. The molecule has 0 radical (unpaired) electrons. The van der Waals surface area contributed by atoms with Crippen molar-refractivity contribution in [3.63, 3.8) is 0 Å². The topological polar surface area (TPSA) is 120 Å².